The normalized spacial score (nSPS) is 12.4. The zero-order chi connectivity index (χ0) is 19.8. The molecule has 0 aliphatic carbocycles. The van der Waals surface area contributed by atoms with Crippen molar-refractivity contribution in [1.82, 2.24) is 14.6 Å². The molecule has 1 N–H and O–H groups in total. The fraction of sp³-hybridized carbons (Fsp3) is 0.190. The summed E-state index contributed by atoms with van der Waals surface area (Å²) >= 11 is 7.52. The number of carbonyl (C=O) groups excluding carboxylic acids is 1. The van der Waals surface area contributed by atoms with Crippen molar-refractivity contribution in [3.63, 3.8) is 0 Å². The maximum Gasteiger partial charge on any atom is 0.237 e. The highest BCUT2D eigenvalue weighted by Gasteiger charge is 2.20. The SMILES string of the molecule is Cc1cc2nnc(SC(C)C(=O)Nc3ccccc3Cl)n2c2c(C)cccc12. The Morgan fingerprint density at radius 1 is 1.11 bits per heavy atom. The molecule has 0 radical (unpaired) electrons. The van der Waals surface area contributed by atoms with Gasteiger partial charge in [-0.3, -0.25) is 9.20 Å². The zero-order valence-corrected chi connectivity index (χ0v) is 17.3. The lowest BCUT2D eigenvalue weighted by molar-refractivity contribution is -0.115. The molecule has 0 fully saturated rings. The van der Waals surface area contributed by atoms with Crippen molar-refractivity contribution < 1.29 is 4.79 Å². The van der Waals surface area contributed by atoms with Gasteiger partial charge >= 0.3 is 0 Å². The van der Waals surface area contributed by atoms with Gasteiger partial charge in [-0.1, -0.05) is 53.7 Å². The fourth-order valence-electron chi connectivity index (χ4n) is 3.22. The molecule has 0 bridgehead atoms. The highest BCUT2D eigenvalue weighted by atomic mass is 35.5. The van der Waals surface area contributed by atoms with Gasteiger partial charge in [-0.05, 0) is 50.1 Å². The number of amides is 1. The van der Waals surface area contributed by atoms with Crippen molar-refractivity contribution in [2.45, 2.75) is 31.2 Å². The maximum atomic E-state index is 12.7. The Bertz CT molecular complexity index is 1200. The van der Waals surface area contributed by atoms with E-state index in [1.165, 1.54) is 11.8 Å². The number of pyridine rings is 1. The zero-order valence-electron chi connectivity index (χ0n) is 15.7. The van der Waals surface area contributed by atoms with Gasteiger partial charge in [0.2, 0.25) is 5.91 Å². The summed E-state index contributed by atoms with van der Waals surface area (Å²) in [7, 11) is 0. The number of anilines is 1. The summed E-state index contributed by atoms with van der Waals surface area (Å²) in [6, 6.07) is 15.4. The molecule has 5 nitrogen and oxygen atoms in total. The van der Waals surface area contributed by atoms with Gasteiger partial charge in [0.15, 0.2) is 10.8 Å². The summed E-state index contributed by atoms with van der Waals surface area (Å²) in [5.41, 5.74) is 4.74. The quantitative estimate of drug-likeness (QED) is 0.465. The molecule has 4 aromatic rings. The van der Waals surface area contributed by atoms with Crippen LogP contribution in [0.5, 0.6) is 0 Å². The van der Waals surface area contributed by atoms with Gasteiger partial charge < -0.3 is 5.32 Å². The third kappa shape index (κ3) is 3.34. The van der Waals surface area contributed by atoms with Gasteiger partial charge in [0.25, 0.3) is 0 Å². The predicted molar refractivity (Wildman–Crippen MR) is 115 cm³/mol. The first-order chi connectivity index (χ1) is 13.5. The van der Waals surface area contributed by atoms with Crippen LogP contribution in [0.1, 0.15) is 18.1 Å². The monoisotopic (exact) mass is 410 g/mol. The van der Waals surface area contributed by atoms with Crippen LogP contribution in [0.25, 0.3) is 16.6 Å². The Labute approximate surface area is 172 Å². The van der Waals surface area contributed by atoms with Gasteiger partial charge in [-0.25, -0.2) is 0 Å². The Balaban J connectivity index is 1.68. The van der Waals surface area contributed by atoms with Gasteiger partial charge in [-0.15, -0.1) is 10.2 Å². The second-order valence-electron chi connectivity index (χ2n) is 6.70. The van der Waals surface area contributed by atoms with Gasteiger partial charge in [-0.2, -0.15) is 0 Å². The fourth-order valence-corrected chi connectivity index (χ4v) is 4.26. The molecule has 0 aliphatic heterocycles. The lowest BCUT2D eigenvalue weighted by atomic mass is 10.1. The van der Waals surface area contributed by atoms with E-state index in [4.69, 9.17) is 11.6 Å². The molecule has 142 valence electrons. The molecule has 28 heavy (non-hydrogen) atoms. The van der Waals surface area contributed by atoms with E-state index in [9.17, 15) is 4.79 Å². The van der Waals surface area contributed by atoms with E-state index in [2.05, 4.69) is 41.5 Å². The number of hydrogen-bond donors (Lipinski definition) is 1. The number of fused-ring (bicyclic) bond motifs is 3. The third-order valence-corrected chi connectivity index (χ3v) is 6.05. The summed E-state index contributed by atoms with van der Waals surface area (Å²) in [6.45, 7) is 5.99. The molecule has 0 saturated carbocycles. The number of para-hydroxylation sites is 2. The number of hydrogen-bond acceptors (Lipinski definition) is 4. The average Bonchev–Trinajstić information content (AvgIpc) is 3.06. The van der Waals surface area contributed by atoms with Crippen LogP contribution in [-0.4, -0.2) is 25.8 Å². The van der Waals surface area contributed by atoms with Crippen LogP contribution < -0.4 is 5.32 Å². The largest absolute Gasteiger partial charge is 0.324 e. The van der Waals surface area contributed by atoms with Gasteiger partial charge in [0, 0.05) is 5.39 Å². The average molecular weight is 411 g/mol. The van der Waals surface area contributed by atoms with Gasteiger partial charge in [0.05, 0.1) is 21.5 Å². The van der Waals surface area contributed by atoms with Crippen molar-refractivity contribution >= 4 is 51.5 Å². The lowest BCUT2D eigenvalue weighted by Gasteiger charge is -2.13. The smallest absolute Gasteiger partial charge is 0.237 e. The molecule has 1 amide bonds. The number of nitrogens with zero attached hydrogens (tertiary/aromatic N) is 3. The first-order valence-corrected chi connectivity index (χ1v) is 10.2. The summed E-state index contributed by atoms with van der Waals surface area (Å²) in [6.07, 6.45) is 0. The van der Waals surface area contributed by atoms with Crippen LogP contribution in [0.3, 0.4) is 0 Å². The highest BCUT2D eigenvalue weighted by Crippen LogP contribution is 2.30. The predicted octanol–water partition coefficient (Wildman–Crippen LogP) is 5.27. The Morgan fingerprint density at radius 2 is 1.89 bits per heavy atom. The highest BCUT2D eigenvalue weighted by molar-refractivity contribution is 8.00. The standard InChI is InChI=1S/C21H19ClN4OS/c1-12-7-6-8-15-13(2)11-18-24-25-21(26(18)19(12)15)28-14(3)20(27)23-17-10-5-4-9-16(17)22/h4-11,14H,1-3H3,(H,23,27). The van der Waals surface area contributed by atoms with Crippen molar-refractivity contribution in [1.29, 1.82) is 0 Å². The topological polar surface area (TPSA) is 59.3 Å². The Hall–Kier alpha value is -2.57. The molecule has 2 aromatic carbocycles. The summed E-state index contributed by atoms with van der Waals surface area (Å²) < 4.78 is 2.03. The maximum absolute atomic E-state index is 12.7. The van der Waals surface area contributed by atoms with E-state index in [1.54, 1.807) is 12.1 Å². The number of rotatable bonds is 4. The first-order valence-electron chi connectivity index (χ1n) is 8.92. The number of aromatic nitrogens is 3. The third-order valence-electron chi connectivity index (χ3n) is 4.67. The molecule has 4 rings (SSSR count). The first kappa shape index (κ1) is 18.8. The lowest BCUT2D eigenvalue weighted by Crippen LogP contribution is -2.22. The number of nitrogens with one attached hydrogen (secondary N) is 1. The van der Waals surface area contributed by atoms with Gasteiger partial charge in [0.1, 0.15) is 0 Å². The van der Waals surface area contributed by atoms with Crippen molar-refractivity contribution in [2.24, 2.45) is 0 Å². The van der Waals surface area contributed by atoms with E-state index in [-0.39, 0.29) is 11.2 Å². The van der Waals surface area contributed by atoms with Crippen molar-refractivity contribution in [2.75, 3.05) is 5.32 Å². The molecular formula is C21H19ClN4OS. The molecular weight excluding hydrogens is 392 g/mol. The number of carbonyl (C=O) groups is 1. The van der Waals surface area contributed by atoms with Crippen LogP contribution in [0.15, 0.2) is 53.7 Å². The number of halogens is 1. The Morgan fingerprint density at radius 3 is 2.68 bits per heavy atom. The van der Waals surface area contributed by atoms with E-state index < -0.39 is 0 Å². The molecule has 0 saturated heterocycles. The minimum absolute atomic E-state index is 0.136. The molecule has 1 unspecified atom stereocenters. The molecule has 1 atom stereocenters. The van der Waals surface area contributed by atoms with Crippen LogP contribution >= 0.6 is 23.4 Å². The number of thioether (sulfide) groups is 1. The van der Waals surface area contributed by atoms with E-state index >= 15 is 0 Å². The molecule has 2 aromatic heterocycles. The van der Waals surface area contributed by atoms with Crippen LogP contribution in [0.4, 0.5) is 5.69 Å². The summed E-state index contributed by atoms with van der Waals surface area (Å²) in [5, 5.41) is 13.5. The minimum Gasteiger partial charge on any atom is -0.324 e. The van der Waals surface area contributed by atoms with Crippen LogP contribution in [0, 0.1) is 13.8 Å². The van der Waals surface area contributed by atoms with Crippen LogP contribution in [0.2, 0.25) is 5.02 Å². The van der Waals surface area contributed by atoms with E-state index in [1.807, 2.05) is 35.6 Å². The molecule has 7 heteroatoms. The second-order valence-corrected chi connectivity index (χ2v) is 8.42. The van der Waals surface area contributed by atoms with E-state index in [0.717, 1.165) is 27.7 Å². The molecule has 2 heterocycles. The van der Waals surface area contributed by atoms with E-state index in [0.29, 0.717) is 15.9 Å². The Kier molecular flexibility index (Phi) is 5.00. The summed E-state index contributed by atoms with van der Waals surface area (Å²) in [5.74, 6) is -0.136. The van der Waals surface area contributed by atoms with Crippen molar-refractivity contribution in [3.05, 3.63) is 64.7 Å². The second kappa shape index (κ2) is 7.45. The van der Waals surface area contributed by atoms with Crippen molar-refractivity contribution in [3.8, 4) is 0 Å². The minimum atomic E-state index is -0.371. The summed E-state index contributed by atoms with van der Waals surface area (Å²) in [4.78, 5) is 12.7. The number of benzene rings is 2. The molecule has 0 aliphatic rings. The molecule has 0 spiro atoms. The number of aryl methyl sites for hydroxylation is 2. The van der Waals surface area contributed by atoms with Crippen LogP contribution in [-0.2, 0) is 4.79 Å².